The van der Waals surface area contributed by atoms with Crippen LogP contribution in [0, 0.1) is 0 Å². The summed E-state index contributed by atoms with van der Waals surface area (Å²) in [6.07, 6.45) is 2.89. The molecule has 25 heavy (non-hydrogen) atoms. The second-order valence-corrected chi connectivity index (χ2v) is 5.87. The van der Waals surface area contributed by atoms with E-state index in [1.807, 2.05) is 6.92 Å². The number of hydrogen-bond donors (Lipinski definition) is 6. The second kappa shape index (κ2) is 13.5. The number of amides is 2. The number of rotatable bonds is 14. The number of thiol groups is 1. The Labute approximate surface area is 152 Å². The third kappa shape index (κ3) is 11.4. The van der Waals surface area contributed by atoms with Crippen LogP contribution < -0.4 is 16.0 Å². The zero-order valence-corrected chi connectivity index (χ0v) is 15.2. The summed E-state index contributed by atoms with van der Waals surface area (Å²) in [5, 5.41) is 25.1. The molecule has 0 saturated heterocycles. The first-order chi connectivity index (χ1) is 11.8. The molecule has 0 saturated carbocycles. The molecule has 0 aliphatic carbocycles. The first kappa shape index (κ1) is 23.2. The number of carboxylic acids is 2. The molecule has 0 spiro atoms. The molecule has 0 aromatic carbocycles. The molecule has 0 radical (unpaired) electrons. The van der Waals surface area contributed by atoms with E-state index in [1.165, 1.54) is 0 Å². The van der Waals surface area contributed by atoms with Crippen molar-refractivity contribution < 1.29 is 29.4 Å². The van der Waals surface area contributed by atoms with Crippen molar-refractivity contribution in [2.24, 2.45) is 0 Å². The zero-order chi connectivity index (χ0) is 19.2. The van der Waals surface area contributed by atoms with Gasteiger partial charge in [0.1, 0.15) is 18.6 Å². The molecule has 0 heterocycles. The summed E-state index contributed by atoms with van der Waals surface area (Å²) in [5.74, 6) is -3.39. The van der Waals surface area contributed by atoms with Gasteiger partial charge in [-0.05, 0) is 19.4 Å². The van der Waals surface area contributed by atoms with Gasteiger partial charge in [-0.1, -0.05) is 19.8 Å². The molecule has 2 atom stereocenters. The summed E-state index contributed by atoms with van der Waals surface area (Å²) in [6.45, 7) is 2.05. The van der Waals surface area contributed by atoms with E-state index in [4.69, 9.17) is 10.2 Å². The molecule has 0 aliphatic heterocycles. The van der Waals surface area contributed by atoms with Crippen LogP contribution in [0.25, 0.3) is 0 Å². The minimum Gasteiger partial charge on any atom is -0.480 e. The van der Waals surface area contributed by atoms with Crippen molar-refractivity contribution in [3.05, 3.63) is 0 Å². The lowest BCUT2D eigenvalue weighted by atomic mass is 10.1. The van der Waals surface area contributed by atoms with Crippen molar-refractivity contribution in [3.8, 4) is 0 Å². The highest BCUT2D eigenvalue weighted by Crippen LogP contribution is 2.01. The van der Waals surface area contributed by atoms with E-state index >= 15 is 0 Å². The highest BCUT2D eigenvalue weighted by Gasteiger charge is 2.22. The summed E-state index contributed by atoms with van der Waals surface area (Å²) >= 11 is 3.95. The Morgan fingerprint density at radius 2 is 1.76 bits per heavy atom. The topological polar surface area (TPSA) is 145 Å². The van der Waals surface area contributed by atoms with Crippen LogP contribution in [0.5, 0.6) is 0 Å². The molecule has 10 heteroatoms. The predicted molar refractivity (Wildman–Crippen MR) is 94.6 cm³/mol. The highest BCUT2D eigenvalue weighted by atomic mass is 32.1. The predicted octanol–water partition coefficient (Wildman–Crippen LogP) is -0.385. The van der Waals surface area contributed by atoms with Gasteiger partial charge in [0.2, 0.25) is 11.8 Å². The molecule has 0 aromatic heterocycles. The van der Waals surface area contributed by atoms with Crippen LogP contribution in [0.1, 0.15) is 39.0 Å². The van der Waals surface area contributed by atoms with Crippen molar-refractivity contribution >= 4 is 36.4 Å². The average molecular weight is 377 g/mol. The smallest absolute Gasteiger partial charge is 0.322 e. The summed E-state index contributed by atoms with van der Waals surface area (Å²) in [6, 6.07) is -1.81. The molecular formula is C15H27N3O6S. The van der Waals surface area contributed by atoms with E-state index in [0.29, 0.717) is 6.54 Å². The fraction of sp³-hybridized carbons (Fsp3) is 0.733. The van der Waals surface area contributed by atoms with Crippen molar-refractivity contribution in [2.45, 2.75) is 51.1 Å². The number of aliphatic carboxylic acids is 2. The van der Waals surface area contributed by atoms with Crippen molar-refractivity contribution in [1.82, 2.24) is 16.0 Å². The lowest BCUT2D eigenvalue weighted by Gasteiger charge is -2.17. The van der Waals surface area contributed by atoms with Gasteiger partial charge in [0, 0.05) is 12.2 Å². The van der Waals surface area contributed by atoms with Crippen LogP contribution in [0.4, 0.5) is 0 Å². The monoisotopic (exact) mass is 377 g/mol. The largest absolute Gasteiger partial charge is 0.480 e. The minimum absolute atomic E-state index is 0.00514. The van der Waals surface area contributed by atoms with Crippen LogP contribution in [0.2, 0.25) is 0 Å². The molecule has 144 valence electrons. The Kier molecular flexibility index (Phi) is 12.5. The first-order valence-electron chi connectivity index (χ1n) is 8.17. The molecule has 0 bridgehead atoms. The number of carbonyl (C=O) groups excluding carboxylic acids is 2. The van der Waals surface area contributed by atoms with Crippen molar-refractivity contribution in [3.63, 3.8) is 0 Å². The fourth-order valence-electron chi connectivity index (χ4n) is 1.99. The second-order valence-electron chi connectivity index (χ2n) is 5.50. The van der Waals surface area contributed by atoms with Crippen molar-refractivity contribution in [1.29, 1.82) is 0 Å². The summed E-state index contributed by atoms with van der Waals surface area (Å²) in [7, 11) is 0. The maximum Gasteiger partial charge on any atom is 0.322 e. The summed E-state index contributed by atoms with van der Waals surface area (Å²) in [5.41, 5.74) is 0. The van der Waals surface area contributed by atoms with Gasteiger partial charge in [-0.15, -0.1) is 0 Å². The molecule has 2 amide bonds. The van der Waals surface area contributed by atoms with Gasteiger partial charge in [0.05, 0.1) is 0 Å². The third-order valence-corrected chi connectivity index (χ3v) is 3.74. The lowest BCUT2D eigenvalue weighted by Crippen LogP contribution is -2.49. The SMILES string of the molecule is CCCCCNC(CCC(=O)NC(CS)C(=O)NCC(=O)O)C(=O)O. The Balaban J connectivity index is 4.32. The average Bonchev–Trinajstić information content (AvgIpc) is 2.56. The van der Waals surface area contributed by atoms with Gasteiger partial charge in [-0.25, -0.2) is 0 Å². The number of nitrogens with one attached hydrogen (secondary N) is 3. The Morgan fingerprint density at radius 1 is 1.08 bits per heavy atom. The van der Waals surface area contributed by atoms with E-state index in [-0.39, 0.29) is 18.6 Å². The van der Waals surface area contributed by atoms with Crippen LogP contribution in [-0.4, -0.2) is 64.9 Å². The van der Waals surface area contributed by atoms with Gasteiger partial charge in [-0.3, -0.25) is 19.2 Å². The van der Waals surface area contributed by atoms with E-state index < -0.39 is 42.4 Å². The molecule has 0 fully saturated rings. The molecule has 0 aliphatic rings. The van der Waals surface area contributed by atoms with E-state index in [0.717, 1.165) is 19.3 Å². The maximum atomic E-state index is 11.9. The quantitative estimate of drug-likeness (QED) is 0.179. The number of hydrogen-bond acceptors (Lipinski definition) is 6. The van der Waals surface area contributed by atoms with Gasteiger partial charge in [0.15, 0.2) is 0 Å². The normalized spacial score (nSPS) is 12.9. The standard InChI is InChI=1S/C15H27N3O6S/c1-2-3-4-7-16-10(15(23)24)5-6-12(19)18-11(9-25)14(22)17-8-13(20)21/h10-11,16,25H,2-9H2,1H3,(H,17,22)(H,18,19)(H,20,21)(H,23,24). The molecule has 0 aromatic rings. The number of unbranched alkanes of at least 4 members (excludes halogenated alkanes) is 2. The van der Waals surface area contributed by atoms with E-state index in [9.17, 15) is 19.2 Å². The van der Waals surface area contributed by atoms with E-state index in [1.54, 1.807) is 0 Å². The summed E-state index contributed by atoms with van der Waals surface area (Å²) in [4.78, 5) is 45.2. The van der Waals surface area contributed by atoms with Gasteiger partial charge >= 0.3 is 11.9 Å². The van der Waals surface area contributed by atoms with Crippen LogP contribution >= 0.6 is 12.6 Å². The molecule has 9 nitrogen and oxygen atoms in total. The number of carboxylic acid groups (broad SMARTS) is 2. The van der Waals surface area contributed by atoms with Crippen LogP contribution in [0.3, 0.4) is 0 Å². The maximum absolute atomic E-state index is 11.9. The minimum atomic E-state index is -1.20. The zero-order valence-electron chi connectivity index (χ0n) is 14.3. The molecule has 2 unspecified atom stereocenters. The summed E-state index contributed by atoms with van der Waals surface area (Å²) < 4.78 is 0. The highest BCUT2D eigenvalue weighted by molar-refractivity contribution is 7.80. The Morgan fingerprint density at radius 3 is 2.28 bits per heavy atom. The van der Waals surface area contributed by atoms with Crippen molar-refractivity contribution in [2.75, 3.05) is 18.8 Å². The lowest BCUT2D eigenvalue weighted by molar-refractivity contribution is -0.140. The van der Waals surface area contributed by atoms with Crippen LogP contribution in [0.15, 0.2) is 0 Å². The van der Waals surface area contributed by atoms with Gasteiger partial charge in [-0.2, -0.15) is 12.6 Å². The molecular weight excluding hydrogens is 350 g/mol. The Bertz CT molecular complexity index is 461. The van der Waals surface area contributed by atoms with Crippen LogP contribution in [-0.2, 0) is 19.2 Å². The van der Waals surface area contributed by atoms with Gasteiger partial charge in [0.25, 0.3) is 0 Å². The fourth-order valence-corrected chi connectivity index (χ4v) is 2.24. The number of carbonyl (C=O) groups is 4. The molecule has 0 rings (SSSR count). The third-order valence-electron chi connectivity index (χ3n) is 3.38. The molecule has 5 N–H and O–H groups in total. The first-order valence-corrected chi connectivity index (χ1v) is 8.80. The van der Waals surface area contributed by atoms with Gasteiger partial charge < -0.3 is 26.2 Å². The Hall–Kier alpha value is -1.81. The van der Waals surface area contributed by atoms with E-state index in [2.05, 4.69) is 28.6 Å².